The van der Waals surface area contributed by atoms with Crippen molar-refractivity contribution >= 4 is 6.29 Å². The Morgan fingerprint density at radius 3 is 2.58 bits per heavy atom. The summed E-state index contributed by atoms with van der Waals surface area (Å²) >= 11 is 0. The Balaban J connectivity index is 1.97. The molecule has 2 aromatic rings. The van der Waals surface area contributed by atoms with Crippen molar-refractivity contribution in [2.24, 2.45) is 0 Å². The van der Waals surface area contributed by atoms with E-state index in [-0.39, 0.29) is 0 Å². The fourth-order valence-corrected chi connectivity index (χ4v) is 1.80. The first-order valence-electron chi connectivity index (χ1n) is 6.13. The lowest BCUT2D eigenvalue weighted by Crippen LogP contribution is -2.03. The smallest absolute Gasteiger partial charge is 0.153 e. The first-order chi connectivity index (χ1) is 9.33. The summed E-state index contributed by atoms with van der Waals surface area (Å²) in [6.07, 6.45) is 1.59. The van der Waals surface area contributed by atoms with Crippen LogP contribution in [0.2, 0.25) is 0 Å². The molecule has 19 heavy (non-hydrogen) atoms. The molecule has 0 radical (unpaired) electrons. The first kappa shape index (κ1) is 13.1. The SMILES string of the molecule is COc1ccc(OCCc2ccccc2)c(C=O)c1. The minimum absolute atomic E-state index is 0.507. The monoisotopic (exact) mass is 256 g/mol. The number of aldehydes is 1. The van der Waals surface area contributed by atoms with Crippen molar-refractivity contribution in [2.45, 2.75) is 6.42 Å². The van der Waals surface area contributed by atoms with Gasteiger partial charge >= 0.3 is 0 Å². The molecule has 0 aliphatic heterocycles. The summed E-state index contributed by atoms with van der Waals surface area (Å²) in [5.41, 5.74) is 1.72. The number of carbonyl (C=O) groups is 1. The second-order valence-corrected chi connectivity index (χ2v) is 4.11. The summed E-state index contributed by atoms with van der Waals surface area (Å²) in [6, 6.07) is 15.3. The summed E-state index contributed by atoms with van der Waals surface area (Å²) in [4.78, 5) is 11.0. The highest BCUT2D eigenvalue weighted by Crippen LogP contribution is 2.22. The molecule has 0 fully saturated rings. The average molecular weight is 256 g/mol. The quantitative estimate of drug-likeness (QED) is 0.745. The largest absolute Gasteiger partial charge is 0.497 e. The number of methoxy groups -OCH3 is 1. The van der Waals surface area contributed by atoms with Crippen LogP contribution in [0, 0.1) is 0 Å². The molecule has 0 aliphatic carbocycles. The van der Waals surface area contributed by atoms with E-state index in [1.165, 1.54) is 5.56 Å². The number of ether oxygens (including phenoxy) is 2. The highest BCUT2D eigenvalue weighted by Gasteiger charge is 2.05. The van der Waals surface area contributed by atoms with Gasteiger partial charge in [0.1, 0.15) is 11.5 Å². The molecule has 0 heterocycles. The summed E-state index contributed by atoms with van der Waals surface area (Å²) in [7, 11) is 1.57. The Kier molecular flexibility index (Phi) is 4.56. The van der Waals surface area contributed by atoms with Crippen molar-refractivity contribution in [1.82, 2.24) is 0 Å². The zero-order chi connectivity index (χ0) is 13.5. The normalized spacial score (nSPS) is 9.95. The van der Waals surface area contributed by atoms with Crippen molar-refractivity contribution in [2.75, 3.05) is 13.7 Å². The number of carbonyl (C=O) groups excluding carboxylic acids is 1. The van der Waals surface area contributed by atoms with Gasteiger partial charge in [-0.3, -0.25) is 4.79 Å². The van der Waals surface area contributed by atoms with Gasteiger partial charge in [0.25, 0.3) is 0 Å². The molecule has 2 aromatic carbocycles. The van der Waals surface area contributed by atoms with Crippen LogP contribution in [0.4, 0.5) is 0 Å². The van der Waals surface area contributed by atoms with Crippen LogP contribution in [0.15, 0.2) is 48.5 Å². The van der Waals surface area contributed by atoms with Crippen molar-refractivity contribution < 1.29 is 14.3 Å². The Hall–Kier alpha value is -2.29. The minimum Gasteiger partial charge on any atom is -0.497 e. The van der Waals surface area contributed by atoms with Crippen LogP contribution < -0.4 is 9.47 Å². The van der Waals surface area contributed by atoms with Gasteiger partial charge in [-0.15, -0.1) is 0 Å². The molecule has 3 nitrogen and oxygen atoms in total. The van der Waals surface area contributed by atoms with Crippen molar-refractivity contribution in [3.63, 3.8) is 0 Å². The molecular weight excluding hydrogens is 240 g/mol. The predicted molar refractivity (Wildman–Crippen MR) is 74.0 cm³/mol. The van der Waals surface area contributed by atoms with E-state index in [1.54, 1.807) is 25.3 Å². The average Bonchev–Trinajstić information content (AvgIpc) is 2.48. The highest BCUT2D eigenvalue weighted by atomic mass is 16.5. The maximum Gasteiger partial charge on any atom is 0.153 e. The molecule has 0 bridgehead atoms. The molecule has 0 saturated carbocycles. The molecule has 0 saturated heterocycles. The van der Waals surface area contributed by atoms with Gasteiger partial charge in [0.05, 0.1) is 19.3 Å². The van der Waals surface area contributed by atoms with Crippen LogP contribution in [-0.2, 0) is 6.42 Å². The molecule has 0 spiro atoms. The molecule has 0 unspecified atom stereocenters. The maximum absolute atomic E-state index is 11.0. The Bertz CT molecular complexity index is 535. The number of hydrogen-bond acceptors (Lipinski definition) is 3. The first-order valence-corrected chi connectivity index (χ1v) is 6.13. The Morgan fingerprint density at radius 2 is 1.89 bits per heavy atom. The molecule has 2 rings (SSSR count). The van der Waals surface area contributed by atoms with E-state index in [2.05, 4.69) is 12.1 Å². The van der Waals surface area contributed by atoms with E-state index >= 15 is 0 Å². The van der Waals surface area contributed by atoms with E-state index in [9.17, 15) is 4.79 Å². The van der Waals surface area contributed by atoms with Gasteiger partial charge in [0, 0.05) is 6.42 Å². The number of benzene rings is 2. The van der Waals surface area contributed by atoms with Crippen LogP contribution in [0.3, 0.4) is 0 Å². The van der Waals surface area contributed by atoms with Gasteiger partial charge in [-0.1, -0.05) is 30.3 Å². The number of rotatable bonds is 6. The topological polar surface area (TPSA) is 35.5 Å². The summed E-state index contributed by atoms with van der Waals surface area (Å²) < 4.78 is 10.7. The molecule has 3 heteroatoms. The standard InChI is InChI=1S/C16H16O3/c1-18-15-7-8-16(14(11-15)12-17)19-10-9-13-5-3-2-4-6-13/h2-8,11-12H,9-10H2,1H3. The van der Waals surface area contributed by atoms with E-state index < -0.39 is 0 Å². The summed E-state index contributed by atoms with van der Waals surface area (Å²) in [6.45, 7) is 0.539. The number of hydrogen-bond donors (Lipinski definition) is 0. The molecule has 0 amide bonds. The van der Waals surface area contributed by atoms with E-state index in [4.69, 9.17) is 9.47 Å². The third-order valence-electron chi connectivity index (χ3n) is 2.84. The van der Waals surface area contributed by atoms with Crippen LogP contribution in [-0.4, -0.2) is 20.0 Å². The fourth-order valence-electron chi connectivity index (χ4n) is 1.80. The highest BCUT2D eigenvalue weighted by molar-refractivity contribution is 5.80. The van der Waals surface area contributed by atoms with Crippen LogP contribution >= 0.6 is 0 Å². The molecule has 0 atom stereocenters. The zero-order valence-electron chi connectivity index (χ0n) is 10.8. The molecular formula is C16H16O3. The van der Waals surface area contributed by atoms with Crippen LogP contribution in [0.5, 0.6) is 11.5 Å². The van der Waals surface area contributed by atoms with Crippen molar-refractivity contribution in [3.8, 4) is 11.5 Å². The lowest BCUT2D eigenvalue weighted by molar-refractivity contribution is 0.111. The molecule has 0 aliphatic rings. The predicted octanol–water partition coefficient (Wildman–Crippen LogP) is 3.13. The Morgan fingerprint density at radius 1 is 1.11 bits per heavy atom. The Labute approximate surface area is 112 Å². The zero-order valence-corrected chi connectivity index (χ0v) is 10.8. The third-order valence-corrected chi connectivity index (χ3v) is 2.84. The van der Waals surface area contributed by atoms with Crippen molar-refractivity contribution in [1.29, 1.82) is 0 Å². The second kappa shape index (κ2) is 6.59. The maximum atomic E-state index is 11.0. The lowest BCUT2D eigenvalue weighted by atomic mass is 10.1. The molecule has 98 valence electrons. The van der Waals surface area contributed by atoms with Crippen molar-refractivity contribution in [3.05, 3.63) is 59.7 Å². The van der Waals surface area contributed by atoms with Gasteiger partial charge in [0.2, 0.25) is 0 Å². The molecule has 0 N–H and O–H groups in total. The van der Waals surface area contributed by atoms with Gasteiger partial charge in [0.15, 0.2) is 6.29 Å². The van der Waals surface area contributed by atoms with E-state index in [0.29, 0.717) is 23.7 Å². The fraction of sp³-hybridized carbons (Fsp3) is 0.188. The second-order valence-electron chi connectivity index (χ2n) is 4.11. The molecule has 0 aromatic heterocycles. The van der Waals surface area contributed by atoms with Gasteiger partial charge in [-0.05, 0) is 23.8 Å². The summed E-state index contributed by atoms with van der Waals surface area (Å²) in [5.74, 6) is 1.24. The van der Waals surface area contributed by atoms with E-state index in [0.717, 1.165) is 12.7 Å². The van der Waals surface area contributed by atoms with Gasteiger partial charge in [-0.2, -0.15) is 0 Å². The van der Waals surface area contributed by atoms with Gasteiger partial charge in [-0.25, -0.2) is 0 Å². The third kappa shape index (κ3) is 3.58. The summed E-state index contributed by atoms with van der Waals surface area (Å²) in [5, 5.41) is 0. The van der Waals surface area contributed by atoms with Crippen LogP contribution in [0.1, 0.15) is 15.9 Å². The minimum atomic E-state index is 0.507. The van der Waals surface area contributed by atoms with Crippen LogP contribution in [0.25, 0.3) is 0 Å². The van der Waals surface area contributed by atoms with E-state index in [1.807, 2.05) is 18.2 Å². The van der Waals surface area contributed by atoms with Gasteiger partial charge < -0.3 is 9.47 Å². The lowest BCUT2D eigenvalue weighted by Gasteiger charge is -2.09.